The molecule has 0 heterocycles. The van der Waals surface area contributed by atoms with Gasteiger partial charge in [0.25, 0.3) is 0 Å². The Balaban J connectivity index is 1.40. The van der Waals surface area contributed by atoms with Gasteiger partial charge in [0.15, 0.2) is 0 Å². The number of ketones is 1. The van der Waals surface area contributed by atoms with E-state index in [2.05, 4.69) is 19.1 Å². The van der Waals surface area contributed by atoms with E-state index in [-0.39, 0.29) is 11.4 Å². The summed E-state index contributed by atoms with van der Waals surface area (Å²) < 4.78 is 5.60. The SMILES string of the molecule is C[C@]12CC[C@H]3C(=CCc4cc(OC(=O)c5ccccc5)ccc43)[C@@H]1CCC2=O. The molecule has 2 aromatic rings. The van der Waals surface area contributed by atoms with E-state index in [1.165, 1.54) is 16.7 Å². The second-order valence-electron chi connectivity index (χ2n) is 8.55. The van der Waals surface area contributed by atoms with Gasteiger partial charge in [-0.1, -0.05) is 42.8 Å². The Morgan fingerprint density at radius 2 is 1.93 bits per heavy atom. The topological polar surface area (TPSA) is 43.4 Å². The number of hydrogen-bond acceptors (Lipinski definition) is 3. The Hall–Kier alpha value is -2.68. The van der Waals surface area contributed by atoms with Crippen LogP contribution in [-0.2, 0) is 11.2 Å². The van der Waals surface area contributed by atoms with E-state index in [1.54, 1.807) is 12.1 Å². The zero-order valence-corrected chi connectivity index (χ0v) is 16.1. The normalized spacial score (nSPS) is 28.0. The van der Waals surface area contributed by atoms with Crippen molar-refractivity contribution in [1.82, 2.24) is 0 Å². The van der Waals surface area contributed by atoms with Gasteiger partial charge in [-0.2, -0.15) is 0 Å². The molecule has 3 heteroatoms. The lowest BCUT2D eigenvalue weighted by Crippen LogP contribution is -2.37. The summed E-state index contributed by atoms with van der Waals surface area (Å²) in [5.41, 5.74) is 4.46. The molecule has 0 amide bonds. The van der Waals surface area contributed by atoms with Crippen LogP contribution in [-0.4, -0.2) is 11.8 Å². The van der Waals surface area contributed by atoms with Crippen LogP contribution in [0.1, 0.15) is 60.0 Å². The monoisotopic (exact) mass is 372 g/mol. The fourth-order valence-corrected chi connectivity index (χ4v) is 5.53. The second kappa shape index (κ2) is 6.44. The lowest BCUT2D eigenvalue weighted by molar-refractivity contribution is -0.126. The van der Waals surface area contributed by atoms with Gasteiger partial charge in [-0.15, -0.1) is 0 Å². The molecule has 0 aromatic heterocycles. The largest absolute Gasteiger partial charge is 0.423 e. The molecule has 3 aliphatic carbocycles. The molecule has 3 nitrogen and oxygen atoms in total. The molecule has 0 unspecified atom stereocenters. The molecule has 0 N–H and O–H groups in total. The minimum atomic E-state index is -0.328. The van der Waals surface area contributed by atoms with E-state index in [9.17, 15) is 9.59 Å². The average Bonchev–Trinajstić information content (AvgIpc) is 3.03. The van der Waals surface area contributed by atoms with Crippen molar-refractivity contribution in [3.8, 4) is 5.75 Å². The Labute approximate surface area is 165 Å². The molecule has 3 aliphatic rings. The van der Waals surface area contributed by atoms with Gasteiger partial charge in [0, 0.05) is 17.8 Å². The van der Waals surface area contributed by atoms with Gasteiger partial charge in [0.1, 0.15) is 11.5 Å². The molecule has 0 aliphatic heterocycles. The molecular formula is C25H24O3. The van der Waals surface area contributed by atoms with Gasteiger partial charge >= 0.3 is 5.97 Å². The summed E-state index contributed by atoms with van der Waals surface area (Å²) in [5, 5.41) is 0. The van der Waals surface area contributed by atoms with Crippen molar-refractivity contribution in [3.63, 3.8) is 0 Å². The van der Waals surface area contributed by atoms with E-state index < -0.39 is 0 Å². The van der Waals surface area contributed by atoms with Crippen LogP contribution >= 0.6 is 0 Å². The quantitative estimate of drug-likeness (QED) is 0.411. The predicted octanol–water partition coefficient (Wildman–Crippen LogP) is 5.25. The lowest BCUT2D eigenvalue weighted by atomic mass is 9.60. The van der Waals surface area contributed by atoms with Crippen LogP contribution in [0.25, 0.3) is 0 Å². The number of ether oxygens (including phenoxy) is 1. The minimum Gasteiger partial charge on any atom is -0.423 e. The third-order valence-electron chi connectivity index (χ3n) is 7.09. The number of carbonyl (C=O) groups excluding carboxylic acids is 2. The van der Waals surface area contributed by atoms with E-state index in [0.29, 0.717) is 28.9 Å². The molecular weight excluding hydrogens is 348 g/mol. The summed E-state index contributed by atoms with van der Waals surface area (Å²) in [4.78, 5) is 24.8. The van der Waals surface area contributed by atoms with Crippen LogP contribution in [0.5, 0.6) is 5.75 Å². The first-order valence-corrected chi connectivity index (χ1v) is 10.2. The van der Waals surface area contributed by atoms with Crippen LogP contribution in [0.2, 0.25) is 0 Å². The molecule has 2 aromatic carbocycles. The molecule has 5 rings (SSSR count). The maximum Gasteiger partial charge on any atom is 0.343 e. The highest BCUT2D eigenvalue weighted by Gasteiger charge is 2.52. The summed E-state index contributed by atoms with van der Waals surface area (Å²) >= 11 is 0. The number of fused-ring (bicyclic) bond motifs is 5. The number of allylic oxidation sites excluding steroid dienone is 2. The highest BCUT2D eigenvalue weighted by Crippen LogP contribution is 2.57. The first-order valence-electron chi connectivity index (χ1n) is 10.2. The molecule has 142 valence electrons. The number of carbonyl (C=O) groups is 2. The molecule has 0 radical (unpaired) electrons. The number of rotatable bonds is 2. The van der Waals surface area contributed by atoms with Crippen molar-refractivity contribution in [2.75, 3.05) is 0 Å². The van der Waals surface area contributed by atoms with Crippen LogP contribution in [0, 0.1) is 11.3 Å². The Kier molecular flexibility index (Phi) is 4.01. The number of benzene rings is 2. The second-order valence-corrected chi connectivity index (χ2v) is 8.55. The van der Waals surface area contributed by atoms with E-state index in [1.807, 2.05) is 30.3 Å². The Morgan fingerprint density at radius 3 is 2.75 bits per heavy atom. The first kappa shape index (κ1) is 17.4. The molecule has 2 fully saturated rings. The molecule has 0 saturated heterocycles. The first-order chi connectivity index (χ1) is 13.6. The predicted molar refractivity (Wildman–Crippen MR) is 107 cm³/mol. The molecule has 0 bridgehead atoms. The number of Topliss-reactive ketones (excluding diaryl/α,β-unsaturated/α-hetero) is 1. The summed E-state index contributed by atoms with van der Waals surface area (Å²) in [5.74, 6) is 1.53. The van der Waals surface area contributed by atoms with Crippen molar-refractivity contribution in [3.05, 3.63) is 76.9 Å². The highest BCUT2D eigenvalue weighted by molar-refractivity contribution is 5.91. The standard InChI is InChI=1S/C25H24O3/c1-25-14-13-20-19-10-8-18(28-24(27)16-5-3-2-4-6-16)15-17(19)7-9-21(20)22(25)11-12-23(25)26/h2-6,8-10,15,20,22H,7,11-14H2,1H3/t20-,22+,25+/m1/s1. The smallest absolute Gasteiger partial charge is 0.343 e. The van der Waals surface area contributed by atoms with Crippen LogP contribution in [0.3, 0.4) is 0 Å². The van der Waals surface area contributed by atoms with Gasteiger partial charge < -0.3 is 4.74 Å². The summed E-state index contributed by atoms with van der Waals surface area (Å²) in [7, 11) is 0. The summed E-state index contributed by atoms with van der Waals surface area (Å²) in [6.07, 6.45) is 6.92. The molecule has 28 heavy (non-hydrogen) atoms. The van der Waals surface area contributed by atoms with Crippen molar-refractivity contribution in [2.24, 2.45) is 11.3 Å². The zero-order chi connectivity index (χ0) is 19.3. The Morgan fingerprint density at radius 1 is 1.11 bits per heavy atom. The zero-order valence-electron chi connectivity index (χ0n) is 16.1. The average molecular weight is 372 g/mol. The summed E-state index contributed by atoms with van der Waals surface area (Å²) in [6, 6.07) is 15.1. The fraction of sp³-hybridized carbons (Fsp3) is 0.360. The van der Waals surface area contributed by atoms with Crippen molar-refractivity contribution in [1.29, 1.82) is 0 Å². The molecule has 0 spiro atoms. The maximum absolute atomic E-state index is 12.4. The van der Waals surface area contributed by atoms with E-state index in [4.69, 9.17) is 4.74 Å². The van der Waals surface area contributed by atoms with Crippen LogP contribution in [0.15, 0.2) is 60.2 Å². The van der Waals surface area contributed by atoms with Crippen molar-refractivity contribution < 1.29 is 14.3 Å². The number of esters is 1. The third kappa shape index (κ3) is 2.64. The molecule has 3 atom stereocenters. The van der Waals surface area contributed by atoms with Crippen molar-refractivity contribution in [2.45, 2.75) is 44.9 Å². The van der Waals surface area contributed by atoms with Gasteiger partial charge in [0.2, 0.25) is 0 Å². The van der Waals surface area contributed by atoms with E-state index in [0.717, 1.165) is 32.1 Å². The fourth-order valence-electron chi connectivity index (χ4n) is 5.53. The van der Waals surface area contributed by atoms with Gasteiger partial charge in [-0.3, -0.25) is 4.79 Å². The van der Waals surface area contributed by atoms with Crippen molar-refractivity contribution >= 4 is 11.8 Å². The third-order valence-corrected chi connectivity index (χ3v) is 7.09. The van der Waals surface area contributed by atoms with Crippen LogP contribution < -0.4 is 4.74 Å². The van der Waals surface area contributed by atoms with Gasteiger partial charge in [-0.05, 0) is 67.0 Å². The summed E-state index contributed by atoms with van der Waals surface area (Å²) in [6.45, 7) is 2.17. The van der Waals surface area contributed by atoms with Gasteiger partial charge in [-0.25, -0.2) is 4.79 Å². The van der Waals surface area contributed by atoms with E-state index >= 15 is 0 Å². The molecule has 2 saturated carbocycles. The minimum absolute atomic E-state index is 0.148. The maximum atomic E-state index is 12.4. The number of hydrogen-bond donors (Lipinski definition) is 0. The highest BCUT2D eigenvalue weighted by atomic mass is 16.5. The lowest BCUT2D eigenvalue weighted by Gasteiger charge is -2.43. The van der Waals surface area contributed by atoms with Crippen LogP contribution in [0.4, 0.5) is 0 Å². The van der Waals surface area contributed by atoms with Gasteiger partial charge in [0.05, 0.1) is 5.56 Å². The Bertz CT molecular complexity index is 988.